The third kappa shape index (κ3) is 7.07. The van der Waals surface area contributed by atoms with E-state index in [9.17, 15) is 36.3 Å². The summed E-state index contributed by atoms with van der Waals surface area (Å²) in [6.07, 6.45) is 2.78. The summed E-state index contributed by atoms with van der Waals surface area (Å²) in [5.74, 6) is -2.62. The predicted octanol–water partition coefficient (Wildman–Crippen LogP) is 0.601. The topological polar surface area (TPSA) is 176 Å². The summed E-state index contributed by atoms with van der Waals surface area (Å²) in [5, 5.41) is 12.8. The second-order valence-corrected chi connectivity index (χ2v) is 13.5. The molecule has 0 aromatic heterocycles. The van der Waals surface area contributed by atoms with Crippen molar-refractivity contribution in [3.05, 3.63) is 53.8 Å². The number of aryl methyl sites for hydroxylation is 1. The summed E-state index contributed by atoms with van der Waals surface area (Å²) in [6.45, 7) is 1.81. The maximum atomic E-state index is 13.7. The lowest BCUT2D eigenvalue weighted by molar-refractivity contribution is -0.140. The summed E-state index contributed by atoms with van der Waals surface area (Å²) in [5.41, 5.74) is -0.791. The SMILES string of the molecule is Cc1ccc(S(=O)(=O)N[C@@H](CC2(C(=O)C3CS(=O)(=O)CCN3)C=CC(OC(=O)N(C)C)=CC2)C(=O)O)cc1. The Morgan fingerprint density at radius 1 is 1.24 bits per heavy atom. The summed E-state index contributed by atoms with van der Waals surface area (Å²) in [7, 11) is -4.83. The van der Waals surface area contributed by atoms with Gasteiger partial charge >= 0.3 is 12.1 Å². The van der Waals surface area contributed by atoms with Crippen molar-refractivity contribution in [1.82, 2.24) is 14.9 Å². The van der Waals surface area contributed by atoms with Crippen LogP contribution in [-0.4, -0.2) is 88.9 Å². The predicted molar refractivity (Wildman–Crippen MR) is 137 cm³/mol. The van der Waals surface area contributed by atoms with Crippen molar-refractivity contribution in [2.45, 2.75) is 36.7 Å². The Balaban J connectivity index is 1.94. The Morgan fingerprint density at radius 2 is 1.89 bits per heavy atom. The second kappa shape index (κ2) is 11.4. The lowest BCUT2D eigenvalue weighted by atomic mass is 9.71. The molecular weight excluding hydrogens is 538 g/mol. The van der Waals surface area contributed by atoms with Crippen LogP contribution in [0, 0.1) is 12.3 Å². The monoisotopic (exact) mass is 569 g/mol. The minimum atomic E-state index is -4.27. The van der Waals surface area contributed by atoms with Crippen LogP contribution in [0.5, 0.6) is 0 Å². The van der Waals surface area contributed by atoms with Gasteiger partial charge in [-0.2, -0.15) is 4.72 Å². The molecule has 14 heteroatoms. The second-order valence-electron chi connectivity index (χ2n) is 9.58. The molecule has 1 aromatic rings. The lowest BCUT2D eigenvalue weighted by Gasteiger charge is -2.37. The number of rotatable bonds is 9. The van der Waals surface area contributed by atoms with Crippen LogP contribution in [0.4, 0.5) is 4.79 Å². The van der Waals surface area contributed by atoms with Crippen molar-refractivity contribution >= 4 is 37.7 Å². The number of hydrogen-bond donors (Lipinski definition) is 3. The number of aliphatic carboxylic acids is 1. The highest BCUT2D eigenvalue weighted by Crippen LogP contribution is 2.38. The summed E-state index contributed by atoms with van der Waals surface area (Å²) < 4.78 is 57.7. The van der Waals surface area contributed by atoms with E-state index in [1.54, 1.807) is 19.1 Å². The van der Waals surface area contributed by atoms with Gasteiger partial charge < -0.3 is 20.1 Å². The third-order valence-electron chi connectivity index (χ3n) is 6.33. The average molecular weight is 570 g/mol. The van der Waals surface area contributed by atoms with Crippen molar-refractivity contribution in [3.8, 4) is 0 Å². The minimum absolute atomic E-state index is 0.0441. The molecule has 12 nitrogen and oxygen atoms in total. The zero-order chi connectivity index (χ0) is 28.3. The number of carboxylic acids is 1. The molecule has 1 fully saturated rings. The lowest BCUT2D eigenvalue weighted by Crippen LogP contribution is -2.56. The zero-order valence-corrected chi connectivity index (χ0v) is 22.8. The molecule has 3 atom stereocenters. The fraction of sp³-hybridized carbons (Fsp3) is 0.458. The first kappa shape index (κ1) is 29.5. The minimum Gasteiger partial charge on any atom is -0.480 e. The number of nitrogens with zero attached hydrogens (tertiary/aromatic N) is 1. The molecule has 1 saturated heterocycles. The van der Waals surface area contributed by atoms with Crippen molar-refractivity contribution in [1.29, 1.82) is 0 Å². The molecule has 1 amide bonds. The molecule has 1 aliphatic carbocycles. The Hall–Kier alpha value is -3.07. The molecule has 3 N–H and O–H groups in total. The van der Waals surface area contributed by atoms with E-state index in [2.05, 4.69) is 10.0 Å². The molecule has 2 aliphatic rings. The van der Waals surface area contributed by atoms with Gasteiger partial charge in [0.05, 0.1) is 27.9 Å². The van der Waals surface area contributed by atoms with E-state index in [1.807, 2.05) is 0 Å². The quantitative estimate of drug-likeness (QED) is 0.382. The molecule has 0 saturated carbocycles. The van der Waals surface area contributed by atoms with Crippen LogP contribution >= 0.6 is 0 Å². The highest BCUT2D eigenvalue weighted by atomic mass is 32.2. The van der Waals surface area contributed by atoms with Gasteiger partial charge in [-0.25, -0.2) is 21.6 Å². The smallest absolute Gasteiger partial charge is 0.414 e. The standard InChI is InChI=1S/C24H31N3O9S2/c1-16-4-6-18(7-5-16)38(34,35)26-19(22(29)30)14-24(21(28)20-15-37(32,33)13-12-25-20)10-8-17(9-11-24)36-23(31)27(2)3/h4-10,19-20,25-26H,11-15H2,1-3H3,(H,29,30)/t19-,20?,24?/m0/s1. The molecule has 38 heavy (non-hydrogen) atoms. The van der Waals surface area contributed by atoms with Gasteiger partial charge in [0, 0.05) is 20.6 Å². The van der Waals surface area contributed by atoms with Crippen molar-refractivity contribution in [3.63, 3.8) is 0 Å². The largest absolute Gasteiger partial charge is 0.480 e. The van der Waals surface area contributed by atoms with Crippen LogP contribution in [0.25, 0.3) is 0 Å². The average Bonchev–Trinajstić information content (AvgIpc) is 2.83. The third-order valence-corrected chi connectivity index (χ3v) is 9.49. The number of nitrogens with one attached hydrogen (secondary N) is 2. The van der Waals surface area contributed by atoms with E-state index in [0.29, 0.717) is 0 Å². The first-order chi connectivity index (χ1) is 17.6. The van der Waals surface area contributed by atoms with Gasteiger partial charge in [0.25, 0.3) is 0 Å². The molecule has 3 rings (SSSR count). The van der Waals surface area contributed by atoms with Crippen molar-refractivity contribution < 1.29 is 41.1 Å². The van der Waals surface area contributed by atoms with Gasteiger partial charge in [-0.3, -0.25) is 9.59 Å². The van der Waals surface area contributed by atoms with Gasteiger partial charge in [-0.05, 0) is 44.1 Å². The van der Waals surface area contributed by atoms with Crippen LogP contribution in [0.15, 0.2) is 53.1 Å². The Labute approximate surface area is 221 Å². The van der Waals surface area contributed by atoms with E-state index >= 15 is 0 Å². The first-order valence-corrected chi connectivity index (χ1v) is 15.0. The van der Waals surface area contributed by atoms with E-state index in [1.165, 1.54) is 49.4 Å². The van der Waals surface area contributed by atoms with E-state index in [0.717, 1.165) is 5.56 Å². The van der Waals surface area contributed by atoms with Crippen LogP contribution in [-0.2, 0) is 34.2 Å². The number of carbonyl (C=O) groups excluding carboxylic acids is 2. The normalized spacial score (nSPS) is 23.7. The number of benzene rings is 1. The Morgan fingerprint density at radius 3 is 2.42 bits per heavy atom. The highest BCUT2D eigenvalue weighted by molar-refractivity contribution is 7.91. The number of amides is 1. The number of sulfonamides is 1. The van der Waals surface area contributed by atoms with Gasteiger partial charge in [0.1, 0.15) is 11.8 Å². The van der Waals surface area contributed by atoms with Crippen LogP contribution in [0.3, 0.4) is 0 Å². The van der Waals surface area contributed by atoms with Gasteiger partial charge in [0.2, 0.25) is 10.0 Å². The molecule has 1 aromatic carbocycles. The maximum Gasteiger partial charge on any atom is 0.414 e. The van der Waals surface area contributed by atoms with Crippen molar-refractivity contribution in [2.24, 2.45) is 5.41 Å². The number of allylic oxidation sites excluding steroid dienone is 3. The molecule has 0 radical (unpaired) electrons. The summed E-state index contributed by atoms with van der Waals surface area (Å²) >= 11 is 0. The fourth-order valence-corrected chi connectivity index (χ4v) is 6.74. The van der Waals surface area contributed by atoms with Crippen molar-refractivity contribution in [2.75, 3.05) is 32.1 Å². The van der Waals surface area contributed by atoms with Gasteiger partial charge in [-0.15, -0.1) is 0 Å². The number of ketones is 1. The summed E-state index contributed by atoms with van der Waals surface area (Å²) in [6, 6.07) is 2.95. The Bertz CT molecular complexity index is 1370. The molecule has 2 unspecified atom stereocenters. The number of hydrogen-bond acceptors (Lipinski definition) is 9. The molecule has 1 heterocycles. The van der Waals surface area contributed by atoms with E-state index < -0.39 is 67.4 Å². The number of sulfone groups is 1. The molecule has 0 spiro atoms. The maximum absolute atomic E-state index is 13.7. The van der Waals surface area contributed by atoms with Crippen LogP contribution < -0.4 is 10.0 Å². The summed E-state index contributed by atoms with van der Waals surface area (Å²) in [4.78, 5) is 38.9. The van der Waals surface area contributed by atoms with Gasteiger partial charge in [0.15, 0.2) is 15.6 Å². The zero-order valence-electron chi connectivity index (χ0n) is 21.2. The number of carboxylic acid groups (broad SMARTS) is 1. The molecule has 1 aliphatic heterocycles. The number of Topliss-reactive ketones (excluding diaryl/α,β-unsaturated/α-hetero) is 1. The molecular formula is C24H31N3O9S2. The molecule has 0 bridgehead atoms. The highest BCUT2D eigenvalue weighted by Gasteiger charge is 2.46. The van der Waals surface area contributed by atoms with Crippen LogP contribution in [0.1, 0.15) is 18.4 Å². The fourth-order valence-electron chi connectivity index (χ4n) is 4.18. The van der Waals surface area contributed by atoms with E-state index in [-0.39, 0.29) is 29.4 Å². The van der Waals surface area contributed by atoms with E-state index in [4.69, 9.17) is 4.74 Å². The number of ether oxygens (including phenoxy) is 1. The number of carbonyl (C=O) groups is 3. The molecule has 208 valence electrons. The Kier molecular flexibility index (Phi) is 8.81. The first-order valence-electron chi connectivity index (χ1n) is 11.7. The van der Waals surface area contributed by atoms with Crippen LogP contribution in [0.2, 0.25) is 0 Å². The van der Waals surface area contributed by atoms with Gasteiger partial charge in [-0.1, -0.05) is 23.8 Å².